The van der Waals surface area contributed by atoms with Gasteiger partial charge >= 0.3 is 0 Å². The summed E-state index contributed by atoms with van der Waals surface area (Å²) in [6, 6.07) is 0.147. The van der Waals surface area contributed by atoms with E-state index >= 15 is 0 Å². The van der Waals surface area contributed by atoms with Crippen LogP contribution >= 0.6 is 0 Å². The maximum atomic E-state index is 12.2. The summed E-state index contributed by atoms with van der Waals surface area (Å²) in [5.41, 5.74) is 1.14. The maximum absolute atomic E-state index is 12.2. The summed E-state index contributed by atoms with van der Waals surface area (Å²) in [7, 11) is 1.89. The van der Waals surface area contributed by atoms with E-state index in [1.54, 1.807) is 4.68 Å². The topological polar surface area (TPSA) is 68.2 Å². The molecule has 0 aromatic carbocycles. The van der Waals surface area contributed by atoms with Crippen molar-refractivity contribution in [1.29, 1.82) is 0 Å². The highest BCUT2D eigenvalue weighted by Gasteiger charge is 2.33. The minimum absolute atomic E-state index is 0.0737. The van der Waals surface area contributed by atoms with Gasteiger partial charge in [0.15, 0.2) is 0 Å². The molecule has 2 unspecified atom stereocenters. The Morgan fingerprint density at radius 1 is 1.50 bits per heavy atom. The molecular formula is C14H24N4O2. The van der Waals surface area contributed by atoms with Crippen molar-refractivity contribution in [3.05, 3.63) is 18.0 Å². The van der Waals surface area contributed by atoms with Gasteiger partial charge in [0.25, 0.3) is 0 Å². The van der Waals surface area contributed by atoms with Gasteiger partial charge in [-0.1, -0.05) is 6.92 Å². The third-order valence-electron chi connectivity index (χ3n) is 3.55. The van der Waals surface area contributed by atoms with E-state index in [9.17, 15) is 4.79 Å². The predicted octanol–water partition coefficient (Wildman–Crippen LogP) is 0.0934. The number of hydrogen-bond acceptors (Lipinski definition) is 4. The zero-order valence-corrected chi connectivity index (χ0v) is 12.3. The fourth-order valence-electron chi connectivity index (χ4n) is 2.41. The molecule has 20 heavy (non-hydrogen) atoms. The molecule has 6 heteroatoms. The summed E-state index contributed by atoms with van der Waals surface area (Å²) in [5, 5.41) is 10.5. The lowest BCUT2D eigenvalue weighted by molar-refractivity contribution is -0.125. The summed E-state index contributed by atoms with van der Waals surface area (Å²) in [6.07, 6.45) is 5.67. The second-order valence-electron chi connectivity index (χ2n) is 5.27. The van der Waals surface area contributed by atoms with E-state index in [4.69, 9.17) is 4.74 Å². The van der Waals surface area contributed by atoms with Crippen molar-refractivity contribution < 1.29 is 9.53 Å². The zero-order valence-electron chi connectivity index (χ0n) is 12.3. The largest absolute Gasteiger partial charge is 0.379 e. The molecule has 0 radical (unpaired) electrons. The molecular weight excluding hydrogens is 256 g/mol. The molecule has 2 heterocycles. The van der Waals surface area contributed by atoms with Crippen LogP contribution in [0.3, 0.4) is 0 Å². The van der Waals surface area contributed by atoms with Gasteiger partial charge in [-0.2, -0.15) is 5.10 Å². The van der Waals surface area contributed by atoms with Crippen molar-refractivity contribution in [1.82, 2.24) is 20.4 Å². The molecule has 0 aliphatic carbocycles. The van der Waals surface area contributed by atoms with Crippen LogP contribution < -0.4 is 10.6 Å². The molecule has 0 saturated carbocycles. The third-order valence-corrected chi connectivity index (χ3v) is 3.55. The fourth-order valence-corrected chi connectivity index (χ4v) is 2.41. The van der Waals surface area contributed by atoms with Gasteiger partial charge in [0, 0.05) is 25.8 Å². The number of aromatic nitrogens is 2. The highest BCUT2D eigenvalue weighted by molar-refractivity contribution is 5.79. The second-order valence-corrected chi connectivity index (χ2v) is 5.27. The Balaban J connectivity index is 1.73. The summed E-state index contributed by atoms with van der Waals surface area (Å²) in [5.74, 6) is 0.00967. The molecule has 1 aliphatic heterocycles. The monoisotopic (exact) mass is 280 g/mol. The Labute approximate surface area is 119 Å². The van der Waals surface area contributed by atoms with Crippen LogP contribution in [0.1, 0.15) is 18.9 Å². The normalized spacial score (nSPS) is 22.1. The van der Waals surface area contributed by atoms with Crippen molar-refractivity contribution in [2.45, 2.75) is 25.8 Å². The number of hydrogen-bond donors (Lipinski definition) is 2. The third kappa shape index (κ3) is 4.05. The Kier molecular flexibility index (Phi) is 5.55. The van der Waals surface area contributed by atoms with Crippen molar-refractivity contribution in [3.8, 4) is 0 Å². The standard InChI is InChI=1S/C14H24N4O2/c1-3-5-15-13-10-20-9-12(13)14(19)16-6-4-11-7-17-18(2)8-11/h7-8,12-13,15H,3-6,9-10H2,1-2H3,(H,16,19). The number of carbonyl (C=O) groups is 1. The number of nitrogens with zero attached hydrogens (tertiary/aromatic N) is 2. The van der Waals surface area contributed by atoms with E-state index < -0.39 is 0 Å². The zero-order chi connectivity index (χ0) is 14.4. The van der Waals surface area contributed by atoms with Gasteiger partial charge in [-0.15, -0.1) is 0 Å². The number of ether oxygens (including phenoxy) is 1. The van der Waals surface area contributed by atoms with Crippen molar-refractivity contribution in [3.63, 3.8) is 0 Å². The van der Waals surface area contributed by atoms with Crippen LogP contribution in [0.15, 0.2) is 12.4 Å². The molecule has 1 saturated heterocycles. The molecule has 2 atom stereocenters. The molecule has 1 aromatic rings. The lowest BCUT2D eigenvalue weighted by atomic mass is 10.0. The molecule has 0 bridgehead atoms. The van der Waals surface area contributed by atoms with Gasteiger partial charge in [-0.3, -0.25) is 9.48 Å². The highest BCUT2D eigenvalue weighted by atomic mass is 16.5. The summed E-state index contributed by atoms with van der Waals surface area (Å²) >= 11 is 0. The Morgan fingerprint density at radius 3 is 3.05 bits per heavy atom. The van der Waals surface area contributed by atoms with Gasteiger partial charge < -0.3 is 15.4 Å². The van der Waals surface area contributed by atoms with Crippen molar-refractivity contribution >= 4 is 5.91 Å². The summed E-state index contributed by atoms with van der Waals surface area (Å²) in [6.45, 7) is 4.82. The lowest BCUT2D eigenvalue weighted by Crippen LogP contribution is -2.44. The quantitative estimate of drug-likeness (QED) is 0.743. The highest BCUT2D eigenvalue weighted by Crippen LogP contribution is 2.13. The van der Waals surface area contributed by atoms with Crippen LogP contribution in [0.4, 0.5) is 0 Å². The maximum Gasteiger partial charge on any atom is 0.227 e. The Morgan fingerprint density at radius 2 is 2.35 bits per heavy atom. The van der Waals surface area contributed by atoms with Crippen LogP contribution in [0.5, 0.6) is 0 Å². The SMILES string of the molecule is CCCNC1COCC1C(=O)NCCc1cnn(C)c1. The lowest BCUT2D eigenvalue weighted by Gasteiger charge is -2.18. The van der Waals surface area contributed by atoms with Crippen LogP contribution in [0.2, 0.25) is 0 Å². The summed E-state index contributed by atoms with van der Waals surface area (Å²) in [4.78, 5) is 12.2. The van der Waals surface area contributed by atoms with Crippen LogP contribution in [0.25, 0.3) is 0 Å². The molecule has 112 valence electrons. The van der Waals surface area contributed by atoms with E-state index in [1.165, 1.54) is 0 Å². The first-order valence-electron chi connectivity index (χ1n) is 7.27. The van der Waals surface area contributed by atoms with Crippen LogP contribution in [-0.4, -0.2) is 48.0 Å². The Bertz CT molecular complexity index is 433. The van der Waals surface area contributed by atoms with E-state index in [1.807, 2.05) is 19.4 Å². The molecule has 0 spiro atoms. The number of carbonyl (C=O) groups excluding carboxylic acids is 1. The van der Waals surface area contributed by atoms with E-state index in [-0.39, 0.29) is 17.9 Å². The first-order chi connectivity index (χ1) is 9.70. The minimum atomic E-state index is -0.0737. The molecule has 1 aliphatic rings. The number of amides is 1. The molecule has 2 rings (SSSR count). The number of nitrogens with one attached hydrogen (secondary N) is 2. The van der Waals surface area contributed by atoms with Crippen LogP contribution in [-0.2, 0) is 23.0 Å². The molecule has 6 nitrogen and oxygen atoms in total. The molecule has 2 N–H and O–H groups in total. The predicted molar refractivity (Wildman–Crippen MR) is 76.3 cm³/mol. The number of rotatable bonds is 7. The van der Waals surface area contributed by atoms with Gasteiger partial charge in [0.05, 0.1) is 25.3 Å². The van der Waals surface area contributed by atoms with Crippen molar-refractivity contribution in [2.24, 2.45) is 13.0 Å². The van der Waals surface area contributed by atoms with Gasteiger partial charge in [-0.05, 0) is 24.9 Å². The van der Waals surface area contributed by atoms with E-state index in [0.717, 1.165) is 24.9 Å². The van der Waals surface area contributed by atoms with Crippen LogP contribution in [0, 0.1) is 5.92 Å². The smallest absolute Gasteiger partial charge is 0.227 e. The van der Waals surface area contributed by atoms with Gasteiger partial charge in [0.2, 0.25) is 5.91 Å². The summed E-state index contributed by atoms with van der Waals surface area (Å²) < 4.78 is 7.19. The van der Waals surface area contributed by atoms with E-state index in [2.05, 4.69) is 22.7 Å². The van der Waals surface area contributed by atoms with Crippen molar-refractivity contribution in [2.75, 3.05) is 26.3 Å². The van der Waals surface area contributed by atoms with Gasteiger partial charge in [0.1, 0.15) is 0 Å². The fraction of sp³-hybridized carbons (Fsp3) is 0.714. The second kappa shape index (κ2) is 7.40. The minimum Gasteiger partial charge on any atom is -0.379 e. The molecule has 1 amide bonds. The first kappa shape index (κ1) is 15.0. The number of aryl methyl sites for hydroxylation is 1. The molecule has 1 aromatic heterocycles. The first-order valence-corrected chi connectivity index (χ1v) is 7.27. The Hall–Kier alpha value is -1.40. The average molecular weight is 280 g/mol. The van der Waals surface area contributed by atoms with E-state index in [0.29, 0.717) is 19.8 Å². The average Bonchev–Trinajstić information content (AvgIpc) is 3.05. The van der Waals surface area contributed by atoms with Gasteiger partial charge in [-0.25, -0.2) is 0 Å². The molecule has 1 fully saturated rings.